The number of carbonyl (C=O) groups excluding carboxylic acids is 3. The van der Waals surface area contributed by atoms with Crippen LogP contribution in [0.15, 0.2) is 17.6 Å². The fourth-order valence-corrected chi connectivity index (χ4v) is 4.64. The van der Waals surface area contributed by atoms with Gasteiger partial charge in [-0.3, -0.25) is 4.79 Å². The molecule has 0 spiro atoms. The lowest BCUT2D eigenvalue weighted by atomic mass is 9.97. The van der Waals surface area contributed by atoms with Crippen molar-refractivity contribution >= 4 is 34.4 Å². The maximum atomic E-state index is 12.8. The van der Waals surface area contributed by atoms with Crippen molar-refractivity contribution in [3.8, 4) is 11.3 Å². The van der Waals surface area contributed by atoms with Crippen molar-refractivity contribution in [3.63, 3.8) is 0 Å². The number of carbonyl (C=O) groups is 3. The number of anilines is 1. The largest absolute Gasteiger partial charge is 0.464 e. The maximum absolute atomic E-state index is 12.8. The average molecular weight is 432 g/mol. The van der Waals surface area contributed by atoms with Crippen LogP contribution in [0.1, 0.15) is 36.2 Å². The Morgan fingerprint density at radius 1 is 1.20 bits per heavy atom. The van der Waals surface area contributed by atoms with Crippen LogP contribution in [0.5, 0.6) is 0 Å². The van der Waals surface area contributed by atoms with Gasteiger partial charge < -0.3 is 24.8 Å². The first-order valence-electron chi connectivity index (χ1n) is 10.1. The number of hydrogen-bond acceptors (Lipinski definition) is 6. The zero-order valence-corrected chi connectivity index (χ0v) is 17.7. The predicted molar refractivity (Wildman–Crippen MR) is 112 cm³/mol. The van der Waals surface area contributed by atoms with E-state index in [2.05, 4.69) is 15.3 Å². The van der Waals surface area contributed by atoms with Gasteiger partial charge in [-0.1, -0.05) is 0 Å². The quantitative estimate of drug-likeness (QED) is 0.724. The third-order valence-corrected chi connectivity index (χ3v) is 6.32. The third-order valence-electron chi connectivity index (χ3n) is 5.56. The van der Waals surface area contributed by atoms with Gasteiger partial charge in [-0.15, -0.1) is 11.3 Å². The molecular formula is C20H25N5O4S. The van der Waals surface area contributed by atoms with E-state index < -0.39 is 5.97 Å². The summed E-state index contributed by atoms with van der Waals surface area (Å²) in [7, 11) is 1.32. The molecule has 0 radical (unpaired) electrons. The standard InChI is InChI=1S/C20H25N5O4S/c1-29-18(27)15-9-14(10-21-15)16-12-30-19(22-16)23-17(26)13-5-4-8-25(11-13)20(28)24-6-2-3-7-24/h9-10,12-13,21H,2-8,11H2,1H3,(H,22,23,26)/t13-/m0/s1. The van der Waals surface area contributed by atoms with Crippen LogP contribution in [0.4, 0.5) is 9.93 Å². The normalized spacial score (nSPS) is 19.0. The van der Waals surface area contributed by atoms with E-state index in [0.717, 1.165) is 44.3 Å². The van der Waals surface area contributed by atoms with Gasteiger partial charge in [0, 0.05) is 43.3 Å². The number of H-pyrrole nitrogens is 1. The molecule has 4 heterocycles. The molecule has 2 fully saturated rings. The van der Waals surface area contributed by atoms with E-state index in [1.54, 1.807) is 17.2 Å². The molecule has 9 nitrogen and oxygen atoms in total. The first-order chi connectivity index (χ1) is 14.5. The third kappa shape index (κ3) is 4.33. The number of amides is 3. The summed E-state index contributed by atoms with van der Waals surface area (Å²) in [5.41, 5.74) is 1.75. The van der Waals surface area contributed by atoms with Crippen molar-refractivity contribution in [3.05, 3.63) is 23.3 Å². The molecule has 2 aliphatic heterocycles. The molecule has 0 saturated carbocycles. The minimum atomic E-state index is -0.449. The SMILES string of the molecule is COC(=O)c1cc(-c2csc(NC(=O)[C@H]3CCCN(C(=O)N4CCCC4)C3)n2)c[nH]1. The van der Waals surface area contributed by atoms with E-state index in [1.165, 1.54) is 18.4 Å². The number of thiazole rings is 1. The Morgan fingerprint density at radius 3 is 2.73 bits per heavy atom. The lowest BCUT2D eigenvalue weighted by Gasteiger charge is -2.34. The van der Waals surface area contributed by atoms with Crippen molar-refractivity contribution in [2.75, 3.05) is 38.6 Å². The van der Waals surface area contributed by atoms with Crippen LogP contribution in [0.3, 0.4) is 0 Å². The monoisotopic (exact) mass is 431 g/mol. The summed E-state index contributed by atoms with van der Waals surface area (Å²) >= 11 is 1.33. The molecule has 2 aromatic heterocycles. The van der Waals surface area contributed by atoms with Crippen LogP contribution in [0, 0.1) is 5.92 Å². The Morgan fingerprint density at radius 2 is 1.97 bits per heavy atom. The van der Waals surface area contributed by atoms with Crippen LogP contribution in [-0.2, 0) is 9.53 Å². The van der Waals surface area contributed by atoms with Gasteiger partial charge in [0.05, 0.1) is 18.7 Å². The number of aromatic nitrogens is 2. The van der Waals surface area contributed by atoms with Crippen LogP contribution in [0.2, 0.25) is 0 Å². The summed E-state index contributed by atoms with van der Waals surface area (Å²) < 4.78 is 4.69. The van der Waals surface area contributed by atoms with Crippen molar-refractivity contribution < 1.29 is 19.1 Å². The van der Waals surface area contributed by atoms with E-state index >= 15 is 0 Å². The second-order valence-corrected chi connectivity index (χ2v) is 8.44. The number of rotatable bonds is 4. The molecule has 0 aromatic carbocycles. The lowest BCUT2D eigenvalue weighted by Crippen LogP contribution is -2.48. The smallest absolute Gasteiger partial charge is 0.354 e. The highest BCUT2D eigenvalue weighted by molar-refractivity contribution is 7.14. The Hall–Kier alpha value is -2.88. The summed E-state index contributed by atoms with van der Waals surface area (Å²) in [5, 5.41) is 5.21. The van der Waals surface area contributed by atoms with Gasteiger partial charge in [0.25, 0.3) is 0 Å². The summed E-state index contributed by atoms with van der Waals surface area (Å²) in [6.45, 7) is 2.77. The second-order valence-electron chi connectivity index (χ2n) is 7.58. The van der Waals surface area contributed by atoms with Crippen LogP contribution in [0.25, 0.3) is 11.3 Å². The molecule has 30 heavy (non-hydrogen) atoms. The number of ether oxygens (including phenoxy) is 1. The number of likely N-dealkylation sites (tertiary alicyclic amines) is 2. The summed E-state index contributed by atoms with van der Waals surface area (Å²) in [6.07, 6.45) is 5.36. The first-order valence-corrected chi connectivity index (χ1v) is 11.0. The number of nitrogens with one attached hydrogen (secondary N) is 2. The number of nitrogens with zero attached hydrogens (tertiary/aromatic N) is 3. The molecule has 2 saturated heterocycles. The maximum Gasteiger partial charge on any atom is 0.354 e. The molecule has 0 unspecified atom stereocenters. The van der Waals surface area contributed by atoms with Crippen LogP contribution < -0.4 is 5.32 Å². The van der Waals surface area contributed by atoms with Crippen molar-refractivity contribution in [2.45, 2.75) is 25.7 Å². The fourth-order valence-electron chi connectivity index (χ4n) is 3.91. The molecule has 160 valence electrons. The number of piperidine rings is 1. The van der Waals surface area contributed by atoms with E-state index in [-0.39, 0.29) is 17.9 Å². The topological polar surface area (TPSA) is 108 Å². The minimum Gasteiger partial charge on any atom is -0.464 e. The van der Waals surface area contributed by atoms with E-state index in [4.69, 9.17) is 4.74 Å². The molecular weight excluding hydrogens is 406 g/mol. The van der Waals surface area contributed by atoms with Crippen molar-refractivity contribution in [1.29, 1.82) is 0 Å². The highest BCUT2D eigenvalue weighted by atomic mass is 32.1. The Balaban J connectivity index is 1.36. The van der Waals surface area contributed by atoms with Gasteiger partial charge in [-0.25, -0.2) is 14.6 Å². The Bertz CT molecular complexity index is 933. The van der Waals surface area contributed by atoms with Crippen LogP contribution in [-0.4, -0.2) is 71.0 Å². The molecule has 10 heteroatoms. The van der Waals surface area contributed by atoms with E-state index in [9.17, 15) is 14.4 Å². The van der Waals surface area contributed by atoms with Crippen LogP contribution >= 0.6 is 11.3 Å². The predicted octanol–water partition coefficient (Wildman–Crippen LogP) is 2.79. The fraction of sp³-hybridized carbons (Fsp3) is 0.500. The number of esters is 1. The molecule has 0 bridgehead atoms. The van der Waals surface area contributed by atoms with Gasteiger partial charge in [-0.05, 0) is 31.7 Å². The van der Waals surface area contributed by atoms with Gasteiger partial charge in [-0.2, -0.15) is 0 Å². The number of methoxy groups -OCH3 is 1. The summed E-state index contributed by atoms with van der Waals surface area (Å²) in [4.78, 5) is 48.0. The molecule has 3 amide bonds. The molecule has 2 N–H and O–H groups in total. The van der Waals surface area contributed by atoms with Gasteiger partial charge in [0.15, 0.2) is 5.13 Å². The Labute approximate surface area is 178 Å². The zero-order chi connectivity index (χ0) is 21.1. The number of hydrogen-bond donors (Lipinski definition) is 2. The zero-order valence-electron chi connectivity index (χ0n) is 16.8. The van der Waals surface area contributed by atoms with Gasteiger partial charge in [0.2, 0.25) is 5.91 Å². The number of urea groups is 1. The van der Waals surface area contributed by atoms with Gasteiger partial charge >= 0.3 is 12.0 Å². The van der Waals surface area contributed by atoms with Crippen molar-refractivity contribution in [2.24, 2.45) is 5.92 Å². The van der Waals surface area contributed by atoms with Gasteiger partial charge in [0.1, 0.15) is 5.69 Å². The van der Waals surface area contributed by atoms with E-state index in [0.29, 0.717) is 29.6 Å². The highest BCUT2D eigenvalue weighted by Gasteiger charge is 2.31. The molecule has 2 aliphatic rings. The molecule has 4 rings (SSSR count). The molecule has 2 aromatic rings. The Kier molecular flexibility index (Phi) is 6.03. The summed E-state index contributed by atoms with van der Waals surface area (Å²) in [6, 6.07) is 1.71. The second kappa shape index (κ2) is 8.86. The van der Waals surface area contributed by atoms with Crippen molar-refractivity contribution in [1.82, 2.24) is 19.8 Å². The summed E-state index contributed by atoms with van der Waals surface area (Å²) in [5.74, 6) is -0.801. The molecule has 0 aliphatic carbocycles. The molecule has 1 atom stereocenters. The minimum absolute atomic E-state index is 0.0513. The van der Waals surface area contributed by atoms with E-state index in [1.807, 2.05) is 10.3 Å². The average Bonchev–Trinajstić information content (AvgIpc) is 3.54. The lowest BCUT2D eigenvalue weighted by molar-refractivity contribution is -0.121. The first kappa shape index (κ1) is 20.4. The highest BCUT2D eigenvalue weighted by Crippen LogP contribution is 2.27. The number of aromatic amines is 1.